The summed E-state index contributed by atoms with van der Waals surface area (Å²) in [4.78, 5) is 14.6. The van der Waals surface area contributed by atoms with Gasteiger partial charge in [0.1, 0.15) is 6.61 Å². The molecule has 0 saturated carbocycles. The van der Waals surface area contributed by atoms with Crippen LogP contribution in [0.5, 0.6) is 0 Å². The Labute approximate surface area is 171 Å². The molecule has 148 valence electrons. The minimum atomic E-state index is -3.05. The highest BCUT2D eigenvalue weighted by Gasteiger charge is 2.45. The summed E-state index contributed by atoms with van der Waals surface area (Å²) in [6.07, 6.45) is 1.11. The van der Waals surface area contributed by atoms with Crippen LogP contribution in [0.15, 0.2) is 91.0 Å². The van der Waals surface area contributed by atoms with Gasteiger partial charge in [-0.15, -0.1) is 0 Å². The molecule has 1 aliphatic heterocycles. The highest BCUT2D eigenvalue weighted by atomic mass is 31.2. The van der Waals surface area contributed by atoms with Gasteiger partial charge in [-0.25, -0.2) is 4.79 Å². The molecule has 5 heteroatoms. The number of nitrogens with zero attached hydrogens (tertiary/aromatic N) is 1. The van der Waals surface area contributed by atoms with Crippen LogP contribution in [0.2, 0.25) is 0 Å². The third-order valence-corrected chi connectivity index (χ3v) is 8.87. The molecule has 1 unspecified atom stereocenters. The minimum absolute atomic E-state index is 0.212. The molecular formula is C24H24NO3P. The fourth-order valence-electron chi connectivity index (χ4n) is 3.93. The van der Waals surface area contributed by atoms with Crippen LogP contribution in [0.3, 0.4) is 0 Å². The Kier molecular flexibility index (Phi) is 5.82. The normalized spacial score (nSPS) is 16.6. The van der Waals surface area contributed by atoms with E-state index in [1.165, 1.54) is 0 Å². The zero-order valence-electron chi connectivity index (χ0n) is 16.2. The Hall–Kier alpha value is -2.84. The second-order valence-electron chi connectivity index (χ2n) is 7.19. The molecule has 0 N–H and O–H groups in total. The van der Waals surface area contributed by atoms with E-state index in [1.54, 1.807) is 4.90 Å². The van der Waals surface area contributed by atoms with Crippen LogP contribution in [0.4, 0.5) is 4.79 Å². The summed E-state index contributed by atoms with van der Waals surface area (Å²) < 4.78 is 20.1. The molecule has 4 rings (SSSR count). The van der Waals surface area contributed by atoms with Gasteiger partial charge >= 0.3 is 6.09 Å². The van der Waals surface area contributed by atoms with Gasteiger partial charge in [-0.2, -0.15) is 0 Å². The van der Waals surface area contributed by atoms with E-state index in [2.05, 4.69) is 0 Å². The van der Waals surface area contributed by atoms with Crippen LogP contribution >= 0.6 is 7.14 Å². The van der Waals surface area contributed by atoms with Crippen LogP contribution in [-0.2, 0) is 15.9 Å². The molecule has 3 aromatic rings. The number of likely N-dealkylation sites (tertiary alicyclic amines) is 1. The first-order valence-corrected chi connectivity index (χ1v) is 11.7. The van der Waals surface area contributed by atoms with Gasteiger partial charge in [0.05, 0.1) is 5.78 Å². The molecule has 29 heavy (non-hydrogen) atoms. The first-order valence-electron chi connectivity index (χ1n) is 9.88. The van der Waals surface area contributed by atoms with E-state index in [0.717, 1.165) is 22.6 Å². The molecule has 0 aromatic heterocycles. The summed E-state index contributed by atoms with van der Waals surface area (Å²) in [7, 11) is -3.05. The summed E-state index contributed by atoms with van der Waals surface area (Å²) in [5, 5.41) is 1.55. The van der Waals surface area contributed by atoms with E-state index in [0.29, 0.717) is 13.0 Å². The lowest BCUT2D eigenvalue weighted by molar-refractivity contribution is 0.100. The molecular weight excluding hydrogens is 381 g/mol. The molecule has 1 heterocycles. The van der Waals surface area contributed by atoms with Crippen molar-refractivity contribution < 1.29 is 14.1 Å². The van der Waals surface area contributed by atoms with E-state index < -0.39 is 19.0 Å². The van der Waals surface area contributed by atoms with E-state index in [1.807, 2.05) is 91.0 Å². The maximum Gasteiger partial charge on any atom is 0.410 e. The zero-order chi connectivity index (χ0) is 20.1. The van der Waals surface area contributed by atoms with Crippen molar-refractivity contribution in [1.29, 1.82) is 0 Å². The number of carbonyl (C=O) groups excluding carboxylic acids is 1. The van der Waals surface area contributed by atoms with Gasteiger partial charge in [-0.3, -0.25) is 4.90 Å². The van der Waals surface area contributed by atoms with E-state index in [-0.39, 0.29) is 6.61 Å². The van der Waals surface area contributed by atoms with Crippen molar-refractivity contribution in [3.05, 3.63) is 96.6 Å². The zero-order valence-corrected chi connectivity index (χ0v) is 17.1. The van der Waals surface area contributed by atoms with Crippen molar-refractivity contribution in [2.45, 2.75) is 25.2 Å². The molecule has 1 saturated heterocycles. The van der Waals surface area contributed by atoms with Crippen LogP contribution in [0, 0.1) is 0 Å². The average molecular weight is 405 g/mol. The van der Waals surface area contributed by atoms with Crippen molar-refractivity contribution in [3.8, 4) is 0 Å². The summed E-state index contributed by atoms with van der Waals surface area (Å²) in [5.41, 5.74) is 0.936. The van der Waals surface area contributed by atoms with Crippen LogP contribution in [0.1, 0.15) is 18.4 Å². The number of carbonyl (C=O) groups is 1. The maximum atomic E-state index is 14.6. The first kappa shape index (κ1) is 19.5. The predicted octanol–water partition coefficient (Wildman–Crippen LogP) is 4.76. The molecule has 4 nitrogen and oxygen atoms in total. The van der Waals surface area contributed by atoms with Crippen molar-refractivity contribution in [3.63, 3.8) is 0 Å². The number of benzene rings is 3. The molecule has 0 aliphatic carbocycles. The fourth-order valence-corrected chi connectivity index (χ4v) is 7.30. The number of rotatable bonds is 5. The van der Waals surface area contributed by atoms with E-state index >= 15 is 0 Å². The highest BCUT2D eigenvalue weighted by molar-refractivity contribution is 7.79. The highest BCUT2D eigenvalue weighted by Crippen LogP contribution is 2.53. The largest absolute Gasteiger partial charge is 0.445 e. The number of ether oxygens (including phenoxy) is 1. The SMILES string of the molecule is O=C(OCc1ccccc1)N1CCCC1P(=O)(c1ccccc1)c1ccccc1. The van der Waals surface area contributed by atoms with Gasteiger partial charge in [0.25, 0.3) is 0 Å². The monoisotopic (exact) mass is 405 g/mol. The van der Waals surface area contributed by atoms with E-state index in [9.17, 15) is 9.36 Å². The predicted molar refractivity (Wildman–Crippen MR) is 116 cm³/mol. The maximum absolute atomic E-state index is 14.6. The molecule has 1 fully saturated rings. The van der Waals surface area contributed by atoms with Gasteiger partial charge in [-0.1, -0.05) is 91.0 Å². The molecule has 1 aliphatic rings. The minimum Gasteiger partial charge on any atom is -0.445 e. The quantitative estimate of drug-likeness (QED) is 0.575. The van der Waals surface area contributed by atoms with E-state index in [4.69, 9.17) is 4.74 Å². The topological polar surface area (TPSA) is 46.6 Å². The fraction of sp³-hybridized carbons (Fsp3) is 0.208. The average Bonchev–Trinajstić information content (AvgIpc) is 3.29. The number of hydrogen-bond acceptors (Lipinski definition) is 3. The first-order chi connectivity index (χ1) is 14.2. The Morgan fingerprint density at radius 2 is 1.38 bits per heavy atom. The van der Waals surface area contributed by atoms with Crippen LogP contribution in [-0.4, -0.2) is 23.3 Å². The Morgan fingerprint density at radius 1 is 0.862 bits per heavy atom. The lowest BCUT2D eigenvalue weighted by Crippen LogP contribution is -2.40. The lowest BCUT2D eigenvalue weighted by atomic mass is 10.2. The van der Waals surface area contributed by atoms with Crippen LogP contribution in [0.25, 0.3) is 0 Å². The number of amides is 1. The molecule has 0 radical (unpaired) electrons. The second kappa shape index (κ2) is 8.67. The Morgan fingerprint density at radius 3 is 1.93 bits per heavy atom. The van der Waals surface area contributed by atoms with Crippen molar-refractivity contribution in [2.75, 3.05) is 6.54 Å². The Balaban J connectivity index is 1.64. The third-order valence-electron chi connectivity index (χ3n) is 5.36. The molecule has 1 atom stereocenters. The molecule has 1 amide bonds. The van der Waals surface area contributed by atoms with Gasteiger partial charge < -0.3 is 9.30 Å². The molecule has 0 spiro atoms. The van der Waals surface area contributed by atoms with Crippen molar-refractivity contribution in [1.82, 2.24) is 4.90 Å². The standard InChI is InChI=1S/C24H24NO3P/c26-24(28-19-20-11-4-1-5-12-20)25-18-10-17-23(25)29(27,21-13-6-2-7-14-21)22-15-8-3-9-16-22/h1-9,11-16,23H,10,17-19H2. The summed E-state index contributed by atoms with van der Waals surface area (Å²) in [5.74, 6) is -0.393. The smallest absolute Gasteiger partial charge is 0.410 e. The molecule has 3 aromatic carbocycles. The summed E-state index contributed by atoms with van der Waals surface area (Å²) in [6.45, 7) is 0.770. The van der Waals surface area contributed by atoms with Gasteiger partial charge in [0.15, 0.2) is 7.14 Å². The van der Waals surface area contributed by atoms with Crippen LogP contribution < -0.4 is 10.6 Å². The third kappa shape index (κ3) is 3.99. The number of hydrogen-bond donors (Lipinski definition) is 0. The Bertz CT molecular complexity index is 949. The van der Waals surface area contributed by atoms with Gasteiger partial charge in [-0.05, 0) is 18.4 Å². The summed E-state index contributed by atoms with van der Waals surface area (Å²) >= 11 is 0. The van der Waals surface area contributed by atoms with Gasteiger partial charge in [0.2, 0.25) is 0 Å². The summed E-state index contributed by atoms with van der Waals surface area (Å²) in [6, 6.07) is 28.7. The van der Waals surface area contributed by atoms with Crippen molar-refractivity contribution >= 4 is 23.8 Å². The second-order valence-corrected chi connectivity index (χ2v) is 10.1. The lowest BCUT2D eigenvalue weighted by Gasteiger charge is -2.32. The van der Waals surface area contributed by atoms with Gasteiger partial charge in [0, 0.05) is 17.2 Å². The van der Waals surface area contributed by atoms with Crippen molar-refractivity contribution in [2.24, 2.45) is 0 Å². The molecule has 0 bridgehead atoms.